The molecule has 19 heavy (non-hydrogen) atoms. The van der Waals surface area contributed by atoms with Crippen LogP contribution in [0.2, 0.25) is 0 Å². The molecule has 1 aromatic rings. The van der Waals surface area contributed by atoms with Crippen LogP contribution in [0.4, 0.5) is 0 Å². The Labute approximate surface area is 124 Å². The molecule has 3 nitrogen and oxygen atoms in total. The number of nitrogens with zero attached hydrogens (tertiary/aromatic N) is 1. The number of hydrogen-bond acceptors (Lipinski definition) is 3. The molecule has 0 aromatic heterocycles. The summed E-state index contributed by atoms with van der Waals surface area (Å²) in [5.74, 6) is 0.739. The van der Waals surface area contributed by atoms with Crippen molar-refractivity contribution < 1.29 is 4.74 Å². The Bertz CT molecular complexity index is 376. The van der Waals surface area contributed by atoms with E-state index in [0.29, 0.717) is 12.6 Å². The number of likely N-dealkylation sites (N-methyl/N-ethyl adjacent to an activating group) is 1. The van der Waals surface area contributed by atoms with Gasteiger partial charge in [-0.05, 0) is 43.5 Å². The minimum atomic E-state index is 0.302. The molecular weight excluding hydrogens is 304 g/mol. The molecule has 4 heteroatoms. The molecule has 0 amide bonds. The van der Waals surface area contributed by atoms with Crippen molar-refractivity contribution in [3.8, 4) is 0 Å². The van der Waals surface area contributed by atoms with Gasteiger partial charge in [0.05, 0.1) is 0 Å². The molecule has 1 unspecified atom stereocenters. The van der Waals surface area contributed by atoms with Gasteiger partial charge in [-0.2, -0.15) is 0 Å². The Hall–Kier alpha value is -0.420. The lowest BCUT2D eigenvalue weighted by molar-refractivity contribution is 0.0507. The second kappa shape index (κ2) is 7.39. The van der Waals surface area contributed by atoms with Crippen LogP contribution in [0.3, 0.4) is 0 Å². The average molecular weight is 327 g/mol. The highest BCUT2D eigenvalue weighted by molar-refractivity contribution is 9.10. The first-order chi connectivity index (χ1) is 9.20. The van der Waals surface area contributed by atoms with Gasteiger partial charge in [0.1, 0.15) is 0 Å². The number of hydrogen-bond donors (Lipinski definition) is 1. The quantitative estimate of drug-likeness (QED) is 0.904. The largest absolute Gasteiger partial charge is 0.381 e. The standard InChI is InChI=1S/C15H23BrN2O/c1-18(11-12-6-8-19-9-7-12)15(10-17)13-2-4-14(16)5-3-13/h2-5,12,15H,6-11,17H2,1H3. The van der Waals surface area contributed by atoms with Gasteiger partial charge in [-0.15, -0.1) is 0 Å². The first kappa shape index (κ1) is 15.0. The monoisotopic (exact) mass is 326 g/mol. The fourth-order valence-corrected chi connectivity index (χ4v) is 2.98. The highest BCUT2D eigenvalue weighted by Gasteiger charge is 2.21. The van der Waals surface area contributed by atoms with Crippen molar-refractivity contribution in [1.29, 1.82) is 0 Å². The Kier molecular flexibility index (Phi) is 5.82. The van der Waals surface area contributed by atoms with Crippen LogP contribution in [0.5, 0.6) is 0 Å². The van der Waals surface area contributed by atoms with Crippen molar-refractivity contribution in [3.05, 3.63) is 34.3 Å². The van der Waals surface area contributed by atoms with E-state index in [4.69, 9.17) is 10.5 Å². The van der Waals surface area contributed by atoms with Crippen LogP contribution in [0.15, 0.2) is 28.7 Å². The summed E-state index contributed by atoms with van der Waals surface area (Å²) in [6, 6.07) is 8.78. The SMILES string of the molecule is CN(CC1CCOCC1)C(CN)c1ccc(Br)cc1. The predicted octanol–water partition coefficient (Wildman–Crippen LogP) is 2.81. The maximum Gasteiger partial charge on any atom is 0.0469 e. The fraction of sp³-hybridized carbons (Fsp3) is 0.600. The third-order valence-electron chi connectivity index (χ3n) is 3.90. The molecule has 0 radical (unpaired) electrons. The van der Waals surface area contributed by atoms with Crippen molar-refractivity contribution in [2.45, 2.75) is 18.9 Å². The van der Waals surface area contributed by atoms with Gasteiger partial charge >= 0.3 is 0 Å². The first-order valence-electron chi connectivity index (χ1n) is 6.94. The van der Waals surface area contributed by atoms with Gasteiger partial charge < -0.3 is 10.5 Å². The highest BCUT2D eigenvalue weighted by Crippen LogP contribution is 2.24. The number of nitrogens with two attached hydrogens (primary N) is 1. The molecule has 1 aromatic carbocycles. The minimum absolute atomic E-state index is 0.302. The fourth-order valence-electron chi connectivity index (χ4n) is 2.72. The number of benzene rings is 1. The zero-order valence-corrected chi connectivity index (χ0v) is 13.1. The van der Waals surface area contributed by atoms with Gasteiger partial charge in [0.15, 0.2) is 0 Å². The summed E-state index contributed by atoms with van der Waals surface area (Å²) >= 11 is 3.47. The smallest absolute Gasteiger partial charge is 0.0469 e. The van der Waals surface area contributed by atoms with E-state index in [1.807, 2.05) is 0 Å². The summed E-state index contributed by atoms with van der Waals surface area (Å²) in [4.78, 5) is 2.39. The molecule has 2 rings (SSSR count). The molecule has 0 aliphatic carbocycles. The van der Waals surface area contributed by atoms with Crippen molar-refractivity contribution in [1.82, 2.24) is 4.90 Å². The van der Waals surface area contributed by atoms with Crippen molar-refractivity contribution >= 4 is 15.9 Å². The number of ether oxygens (including phenoxy) is 1. The maximum absolute atomic E-state index is 5.97. The minimum Gasteiger partial charge on any atom is -0.381 e. The van der Waals surface area contributed by atoms with Gasteiger partial charge in [-0.25, -0.2) is 0 Å². The zero-order chi connectivity index (χ0) is 13.7. The van der Waals surface area contributed by atoms with E-state index < -0.39 is 0 Å². The normalized spacial score (nSPS) is 18.7. The summed E-state index contributed by atoms with van der Waals surface area (Å²) in [5.41, 5.74) is 7.26. The number of halogens is 1. The topological polar surface area (TPSA) is 38.5 Å². The van der Waals surface area contributed by atoms with Crippen molar-refractivity contribution in [2.75, 3.05) is 33.4 Å². The third kappa shape index (κ3) is 4.28. The van der Waals surface area contributed by atoms with E-state index in [9.17, 15) is 0 Å². The number of rotatable bonds is 5. The van der Waals surface area contributed by atoms with Crippen LogP contribution in [0, 0.1) is 5.92 Å². The summed E-state index contributed by atoms with van der Waals surface area (Å²) < 4.78 is 6.53. The maximum atomic E-state index is 5.97. The molecule has 1 aliphatic heterocycles. The van der Waals surface area contributed by atoms with E-state index in [2.05, 4.69) is 52.1 Å². The zero-order valence-electron chi connectivity index (χ0n) is 11.5. The lowest BCUT2D eigenvalue weighted by Crippen LogP contribution is -2.36. The summed E-state index contributed by atoms with van der Waals surface area (Å²) in [6.45, 7) is 3.57. The lowest BCUT2D eigenvalue weighted by atomic mass is 9.98. The van der Waals surface area contributed by atoms with Crippen LogP contribution in [0.25, 0.3) is 0 Å². The molecule has 1 saturated heterocycles. The molecule has 0 saturated carbocycles. The summed E-state index contributed by atoms with van der Waals surface area (Å²) in [6.07, 6.45) is 2.34. The molecule has 106 valence electrons. The van der Waals surface area contributed by atoms with Crippen LogP contribution in [-0.4, -0.2) is 38.3 Å². The van der Waals surface area contributed by atoms with Gasteiger partial charge in [-0.3, -0.25) is 4.90 Å². The molecule has 1 fully saturated rings. The Morgan fingerprint density at radius 1 is 1.32 bits per heavy atom. The van der Waals surface area contributed by atoms with Gasteiger partial charge in [-0.1, -0.05) is 28.1 Å². The highest BCUT2D eigenvalue weighted by atomic mass is 79.9. The van der Waals surface area contributed by atoms with E-state index in [1.165, 1.54) is 18.4 Å². The van der Waals surface area contributed by atoms with E-state index >= 15 is 0 Å². The molecular formula is C15H23BrN2O. The molecule has 0 bridgehead atoms. The first-order valence-corrected chi connectivity index (χ1v) is 7.73. The van der Waals surface area contributed by atoms with E-state index in [1.54, 1.807) is 0 Å². The Morgan fingerprint density at radius 2 is 1.95 bits per heavy atom. The molecule has 2 N–H and O–H groups in total. The van der Waals surface area contributed by atoms with Gasteiger partial charge in [0, 0.05) is 36.8 Å². The second-order valence-corrected chi connectivity index (χ2v) is 6.21. The molecule has 1 aliphatic rings. The predicted molar refractivity (Wildman–Crippen MR) is 82.1 cm³/mol. The molecule has 1 atom stereocenters. The lowest BCUT2D eigenvalue weighted by Gasteiger charge is -2.32. The molecule has 0 spiro atoms. The van der Waals surface area contributed by atoms with Crippen LogP contribution >= 0.6 is 15.9 Å². The van der Waals surface area contributed by atoms with E-state index in [0.717, 1.165) is 30.1 Å². The molecule has 1 heterocycles. The second-order valence-electron chi connectivity index (χ2n) is 5.30. The van der Waals surface area contributed by atoms with Crippen LogP contribution < -0.4 is 5.73 Å². The van der Waals surface area contributed by atoms with Gasteiger partial charge in [0.2, 0.25) is 0 Å². The van der Waals surface area contributed by atoms with E-state index in [-0.39, 0.29) is 0 Å². The van der Waals surface area contributed by atoms with Crippen molar-refractivity contribution in [2.24, 2.45) is 11.7 Å². The summed E-state index contributed by atoms with van der Waals surface area (Å²) in [5, 5.41) is 0. The Balaban J connectivity index is 1.97. The van der Waals surface area contributed by atoms with Crippen LogP contribution in [0.1, 0.15) is 24.4 Å². The third-order valence-corrected chi connectivity index (χ3v) is 4.43. The Morgan fingerprint density at radius 3 is 2.53 bits per heavy atom. The average Bonchev–Trinajstić information content (AvgIpc) is 2.43. The van der Waals surface area contributed by atoms with Crippen molar-refractivity contribution in [3.63, 3.8) is 0 Å². The van der Waals surface area contributed by atoms with Crippen LogP contribution in [-0.2, 0) is 4.74 Å². The summed E-state index contributed by atoms with van der Waals surface area (Å²) in [7, 11) is 2.18. The van der Waals surface area contributed by atoms with Gasteiger partial charge in [0.25, 0.3) is 0 Å².